The first kappa shape index (κ1) is 22.2. The molecule has 1 N–H and O–H groups in total. The predicted octanol–water partition coefficient (Wildman–Crippen LogP) is 3.89. The van der Waals surface area contributed by atoms with Crippen LogP contribution in [-0.4, -0.2) is 62.0 Å². The monoisotopic (exact) mass is 434 g/mol. The van der Waals surface area contributed by atoms with Gasteiger partial charge in [0.2, 0.25) is 0 Å². The zero-order valence-electron chi connectivity index (χ0n) is 19.2. The summed E-state index contributed by atoms with van der Waals surface area (Å²) >= 11 is 0. The molecule has 0 aliphatic carbocycles. The molecule has 1 unspecified atom stereocenters. The number of guanidine groups is 1. The highest BCUT2D eigenvalue weighted by atomic mass is 16.5. The molecule has 6 heteroatoms. The van der Waals surface area contributed by atoms with Crippen molar-refractivity contribution in [3.8, 4) is 5.75 Å². The first-order valence-electron chi connectivity index (χ1n) is 11.7. The van der Waals surface area contributed by atoms with Gasteiger partial charge in [-0.3, -0.25) is 9.79 Å². The Hall–Kier alpha value is -3.02. The molecule has 2 heterocycles. The molecule has 2 aromatic rings. The number of likely N-dealkylation sites (tertiary alicyclic amines) is 2. The summed E-state index contributed by atoms with van der Waals surface area (Å²) in [6, 6.07) is 16.4. The molecule has 2 saturated heterocycles. The van der Waals surface area contributed by atoms with Crippen molar-refractivity contribution in [2.24, 2.45) is 4.99 Å². The molecular weight excluding hydrogens is 400 g/mol. The van der Waals surface area contributed by atoms with Gasteiger partial charge in [-0.2, -0.15) is 0 Å². The van der Waals surface area contributed by atoms with Gasteiger partial charge >= 0.3 is 0 Å². The Morgan fingerprint density at radius 2 is 1.72 bits per heavy atom. The molecule has 2 fully saturated rings. The van der Waals surface area contributed by atoms with Crippen molar-refractivity contribution in [3.05, 3.63) is 65.2 Å². The molecule has 6 nitrogen and oxygen atoms in total. The summed E-state index contributed by atoms with van der Waals surface area (Å²) in [5.41, 5.74) is 3.27. The van der Waals surface area contributed by atoms with E-state index in [-0.39, 0.29) is 5.91 Å². The summed E-state index contributed by atoms with van der Waals surface area (Å²) in [5.74, 6) is 2.47. The molecule has 2 aliphatic rings. The number of methoxy groups -OCH3 is 1. The van der Waals surface area contributed by atoms with Gasteiger partial charge in [0.05, 0.1) is 7.11 Å². The van der Waals surface area contributed by atoms with E-state index in [9.17, 15) is 4.79 Å². The average Bonchev–Trinajstić information content (AvgIpc) is 3.35. The number of ether oxygens (including phenoxy) is 1. The topological polar surface area (TPSA) is 57.2 Å². The van der Waals surface area contributed by atoms with Crippen molar-refractivity contribution in [2.75, 3.05) is 40.3 Å². The van der Waals surface area contributed by atoms with Gasteiger partial charge in [0.25, 0.3) is 5.91 Å². The second kappa shape index (κ2) is 10.5. The number of nitrogens with zero attached hydrogens (tertiary/aromatic N) is 3. The van der Waals surface area contributed by atoms with Crippen LogP contribution in [0.1, 0.15) is 53.1 Å². The quantitative estimate of drug-likeness (QED) is 0.573. The summed E-state index contributed by atoms with van der Waals surface area (Å²) in [4.78, 5) is 21.5. The van der Waals surface area contributed by atoms with E-state index in [1.165, 1.54) is 12.0 Å². The second-order valence-electron chi connectivity index (χ2n) is 8.66. The lowest BCUT2D eigenvalue weighted by atomic mass is 9.98. The first-order valence-corrected chi connectivity index (χ1v) is 11.7. The molecule has 0 aromatic heterocycles. The van der Waals surface area contributed by atoms with E-state index in [0.29, 0.717) is 12.5 Å². The second-order valence-corrected chi connectivity index (χ2v) is 8.66. The molecule has 4 rings (SSSR count). The lowest BCUT2D eigenvalue weighted by Gasteiger charge is -2.26. The molecule has 1 atom stereocenters. The Labute approximate surface area is 191 Å². The Balaban J connectivity index is 1.30. The number of benzene rings is 2. The fraction of sp³-hybridized carbons (Fsp3) is 0.462. The number of piperidine rings is 1. The van der Waals surface area contributed by atoms with Crippen LogP contribution >= 0.6 is 0 Å². The standard InChI is InChI=1S/C26H34N4O2/c1-27-26(30-17-14-23(19-30)21-10-12-24(32-2)13-11-21)28-18-20-6-8-22(9-7-20)25(31)29-15-4-3-5-16-29/h6-13,23H,3-5,14-19H2,1-2H3,(H,27,28). The number of hydrogen-bond donors (Lipinski definition) is 1. The highest BCUT2D eigenvalue weighted by Crippen LogP contribution is 2.28. The van der Waals surface area contributed by atoms with Crippen LogP contribution in [0.4, 0.5) is 0 Å². The Morgan fingerprint density at radius 3 is 2.38 bits per heavy atom. The maximum atomic E-state index is 12.7. The van der Waals surface area contributed by atoms with Crippen molar-refractivity contribution in [1.29, 1.82) is 0 Å². The smallest absolute Gasteiger partial charge is 0.253 e. The summed E-state index contributed by atoms with van der Waals surface area (Å²) in [6.45, 7) is 4.39. The molecule has 0 bridgehead atoms. The average molecular weight is 435 g/mol. The van der Waals surface area contributed by atoms with Crippen LogP contribution in [0.5, 0.6) is 5.75 Å². The molecular formula is C26H34N4O2. The highest BCUT2D eigenvalue weighted by molar-refractivity contribution is 5.94. The van der Waals surface area contributed by atoms with E-state index >= 15 is 0 Å². The zero-order chi connectivity index (χ0) is 22.3. The van der Waals surface area contributed by atoms with Gasteiger partial charge in [-0.05, 0) is 61.1 Å². The highest BCUT2D eigenvalue weighted by Gasteiger charge is 2.26. The van der Waals surface area contributed by atoms with Crippen molar-refractivity contribution >= 4 is 11.9 Å². The van der Waals surface area contributed by atoms with Crippen molar-refractivity contribution in [2.45, 2.75) is 38.1 Å². The van der Waals surface area contributed by atoms with Crippen LogP contribution in [0.15, 0.2) is 53.5 Å². The number of carbonyl (C=O) groups is 1. The van der Waals surface area contributed by atoms with Gasteiger partial charge < -0.3 is 19.9 Å². The lowest BCUT2D eigenvalue weighted by molar-refractivity contribution is 0.0724. The van der Waals surface area contributed by atoms with Gasteiger partial charge in [-0.15, -0.1) is 0 Å². The number of nitrogens with one attached hydrogen (secondary N) is 1. The Morgan fingerprint density at radius 1 is 1.00 bits per heavy atom. The molecule has 2 aromatic carbocycles. The molecule has 2 aliphatic heterocycles. The van der Waals surface area contributed by atoms with Crippen LogP contribution in [0, 0.1) is 0 Å². The van der Waals surface area contributed by atoms with E-state index in [2.05, 4.69) is 27.3 Å². The molecule has 170 valence electrons. The molecule has 0 radical (unpaired) electrons. The number of hydrogen-bond acceptors (Lipinski definition) is 3. The summed E-state index contributed by atoms with van der Waals surface area (Å²) in [5, 5.41) is 3.49. The molecule has 32 heavy (non-hydrogen) atoms. The molecule has 1 amide bonds. The van der Waals surface area contributed by atoms with Crippen molar-refractivity contribution in [1.82, 2.24) is 15.1 Å². The SMILES string of the molecule is CN=C(NCc1ccc(C(=O)N2CCCCC2)cc1)N1CCC(c2ccc(OC)cc2)C1. The Kier molecular flexibility index (Phi) is 7.30. The maximum absolute atomic E-state index is 12.7. The van der Waals surface area contributed by atoms with Gasteiger partial charge in [0.15, 0.2) is 5.96 Å². The van der Waals surface area contributed by atoms with Crippen LogP contribution in [0.3, 0.4) is 0 Å². The maximum Gasteiger partial charge on any atom is 0.253 e. The normalized spacial score (nSPS) is 19.2. The van der Waals surface area contributed by atoms with Crippen molar-refractivity contribution in [3.63, 3.8) is 0 Å². The van der Waals surface area contributed by atoms with Gasteiger partial charge in [-0.25, -0.2) is 0 Å². The van der Waals surface area contributed by atoms with E-state index in [1.54, 1.807) is 7.11 Å². The summed E-state index contributed by atoms with van der Waals surface area (Å²) in [6.07, 6.45) is 4.57. The van der Waals surface area contributed by atoms with Crippen LogP contribution in [-0.2, 0) is 6.54 Å². The number of rotatable bonds is 5. The van der Waals surface area contributed by atoms with Gasteiger partial charge in [0.1, 0.15) is 5.75 Å². The van der Waals surface area contributed by atoms with Gasteiger partial charge in [-0.1, -0.05) is 24.3 Å². The van der Waals surface area contributed by atoms with Crippen LogP contribution in [0.25, 0.3) is 0 Å². The Bertz CT molecular complexity index is 918. The number of amides is 1. The number of carbonyl (C=O) groups excluding carboxylic acids is 1. The predicted molar refractivity (Wildman–Crippen MR) is 128 cm³/mol. The molecule has 0 saturated carbocycles. The summed E-state index contributed by atoms with van der Waals surface area (Å²) in [7, 11) is 3.53. The minimum atomic E-state index is 0.154. The third kappa shape index (κ3) is 5.23. The van der Waals surface area contributed by atoms with Crippen LogP contribution < -0.4 is 10.1 Å². The molecule has 0 spiro atoms. The zero-order valence-corrected chi connectivity index (χ0v) is 19.2. The fourth-order valence-electron chi connectivity index (χ4n) is 4.66. The van der Waals surface area contributed by atoms with Crippen LogP contribution in [0.2, 0.25) is 0 Å². The van der Waals surface area contributed by atoms with Crippen molar-refractivity contribution < 1.29 is 9.53 Å². The minimum absolute atomic E-state index is 0.154. The third-order valence-corrected chi connectivity index (χ3v) is 6.58. The largest absolute Gasteiger partial charge is 0.497 e. The van der Waals surface area contributed by atoms with Gasteiger partial charge in [0, 0.05) is 51.3 Å². The third-order valence-electron chi connectivity index (χ3n) is 6.58. The van der Waals surface area contributed by atoms with E-state index < -0.39 is 0 Å². The first-order chi connectivity index (χ1) is 15.7. The van der Waals surface area contributed by atoms with E-state index in [0.717, 1.165) is 68.3 Å². The van der Waals surface area contributed by atoms with E-state index in [1.807, 2.05) is 48.3 Å². The fourth-order valence-corrected chi connectivity index (χ4v) is 4.66. The minimum Gasteiger partial charge on any atom is -0.497 e. The summed E-state index contributed by atoms with van der Waals surface area (Å²) < 4.78 is 5.27. The van der Waals surface area contributed by atoms with E-state index in [4.69, 9.17) is 4.74 Å². The lowest BCUT2D eigenvalue weighted by Crippen LogP contribution is -2.39. The number of aliphatic imine (C=N–C) groups is 1.